The largest absolute Gasteiger partial charge is 0.492 e. The van der Waals surface area contributed by atoms with Gasteiger partial charge in [-0.15, -0.1) is 0 Å². The number of hydrogen-bond acceptors (Lipinski definition) is 22. The van der Waals surface area contributed by atoms with Gasteiger partial charge >= 0.3 is 35.2 Å². The van der Waals surface area contributed by atoms with Gasteiger partial charge in [0.2, 0.25) is 35.4 Å². The molecule has 0 radical (unpaired) electrons. The number of thioether (sulfide) groups is 1. The number of rotatable bonds is 27. The Kier molecular flexibility index (Phi) is 57.2. The van der Waals surface area contributed by atoms with Gasteiger partial charge in [0.15, 0.2) is 0 Å². The molecule has 0 rings (SSSR count). The maximum absolute atomic E-state index is 10.6. The summed E-state index contributed by atoms with van der Waals surface area (Å²) in [6.07, 6.45) is 6.36. The lowest BCUT2D eigenvalue weighted by atomic mass is 10.00. The van der Waals surface area contributed by atoms with E-state index < -0.39 is 41.1 Å². The number of amides is 6. The summed E-state index contributed by atoms with van der Waals surface area (Å²) < 4.78 is 0. The summed E-state index contributed by atoms with van der Waals surface area (Å²) >= 11 is 13.0. The van der Waals surface area contributed by atoms with Crippen LogP contribution >= 0.6 is 49.6 Å². The molecule has 0 aromatic rings. The number of thiol groups is 3. The second kappa shape index (κ2) is 47.8. The van der Waals surface area contributed by atoms with Crippen molar-refractivity contribution in [1.82, 2.24) is 0 Å². The van der Waals surface area contributed by atoms with Gasteiger partial charge in [-0.1, -0.05) is 20.4 Å². The van der Waals surface area contributed by atoms with Crippen LogP contribution < -0.4 is 34.4 Å². The Morgan fingerprint density at radius 2 is 0.750 bits per heavy atom. The molecule has 0 aliphatic heterocycles. The van der Waals surface area contributed by atoms with Crippen molar-refractivity contribution >= 4 is 120 Å². The summed E-state index contributed by atoms with van der Waals surface area (Å²) in [6.45, 7) is 6.80. The van der Waals surface area contributed by atoms with Crippen molar-refractivity contribution < 1.29 is 86.3 Å². The Morgan fingerprint density at radius 3 is 0.906 bits per heavy atom. The fourth-order valence-electron chi connectivity index (χ4n) is 3.36. The molecule has 0 saturated heterocycles. The van der Waals surface area contributed by atoms with E-state index in [0.29, 0.717) is 86.6 Å². The number of nitrogens with two attached hydrogens (primary N) is 6. The number of primary amides is 6. The van der Waals surface area contributed by atoms with Gasteiger partial charge in [0.1, 0.15) is 0 Å². The highest BCUT2D eigenvalue weighted by atomic mass is 32.2. The Morgan fingerprint density at radius 1 is 0.500 bits per heavy atom. The van der Waals surface area contributed by atoms with Crippen LogP contribution in [0, 0.1) is 11.8 Å². The Hall–Kier alpha value is -1.65. The topological polar surface area (TPSA) is 501 Å². The molecule has 2 unspecified atom stereocenters. The van der Waals surface area contributed by atoms with Crippen molar-refractivity contribution in [1.29, 1.82) is 0 Å². The van der Waals surface area contributed by atoms with Gasteiger partial charge in [-0.2, -0.15) is 49.6 Å². The van der Waals surface area contributed by atoms with E-state index in [1.165, 1.54) is 11.8 Å². The van der Waals surface area contributed by atoms with Crippen LogP contribution in [0.5, 0.6) is 0 Å². The van der Waals surface area contributed by atoms with Crippen LogP contribution in [0.4, 0.5) is 0 Å². The summed E-state index contributed by atoms with van der Waals surface area (Å²) in [6, 6.07) is 0.333. The molecule has 0 fully saturated rings. The van der Waals surface area contributed by atoms with Crippen molar-refractivity contribution in [2.75, 3.05) is 28.8 Å². The number of carbonyl (C=O) groups is 6. The fourth-order valence-corrected chi connectivity index (χ4v) is 8.49. The average molecular weight is 1080 g/mol. The highest BCUT2D eigenvalue weighted by molar-refractivity contribution is 7.99. The lowest BCUT2D eigenvalue weighted by molar-refractivity contribution is -0.124. The van der Waals surface area contributed by atoms with Gasteiger partial charge in [-0.3, -0.25) is 28.8 Å². The zero-order valence-corrected chi connectivity index (χ0v) is 44.1. The van der Waals surface area contributed by atoms with Crippen LogP contribution in [0.25, 0.3) is 0 Å². The van der Waals surface area contributed by atoms with Crippen molar-refractivity contribution in [2.24, 2.45) is 46.2 Å². The minimum atomic E-state index is -3.84. The molecule has 64 heavy (non-hydrogen) atoms. The van der Waals surface area contributed by atoms with E-state index in [9.17, 15) is 28.8 Å². The molecule has 384 valence electrons. The van der Waals surface area contributed by atoms with Gasteiger partial charge in [-0.25, -0.2) is 0 Å². The highest BCUT2D eigenvalue weighted by Crippen LogP contribution is 2.11. The summed E-state index contributed by atoms with van der Waals surface area (Å²) in [7, 11) is -15.0. The zero-order valence-electron chi connectivity index (χ0n) is 36.6. The number of carbonyl (C=O) groups excluding carboxylic acids is 6. The van der Waals surface area contributed by atoms with E-state index in [0.717, 1.165) is 6.08 Å². The minimum absolute atomic E-state index is 0.0522. The lowest BCUT2D eigenvalue weighted by Crippen LogP contribution is -2.34. The van der Waals surface area contributed by atoms with Crippen molar-refractivity contribution in [2.45, 2.75) is 109 Å². The monoisotopic (exact) mass is 1070 g/mol. The van der Waals surface area contributed by atoms with Crippen LogP contribution in [-0.2, 0) is 28.8 Å². The van der Waals surface area contributed by atoms with Crippen molar-refractivity contribution in [3.63, 3.8) is 0 Å². The summed E-state index contributed by atoms with van der Waals surface area (Å²) in [5.41, 5.74) is 29.3. The van der Waals surface area contributed by atoms with Gasteiger partial charge < -0.3 is 92.0 Å². The molecular weight excluding hydrogens is 997 g/mol. The molecule has 0 bridgehead atoms. The van der Waals surface area contributed by atoms with E-state index >= 15 is 0 Å². The molecular formula is C32H78N6O18S4Si4. The summed E-state index contributed by atoms with van der Waals surface area (Å²) in [5, 5.41) is 0. The van der Waals surface area contributed by atoms with E-state index in [1.807, 2.05) is 13.8 Å². The third-order valence-corrected chi connectivity index (χ3v) is 12.9. The minimum Gasteiger partial charge on any atom is -0.390 e. The normalized spacial score (nSPS) is 11.6. The predicted molar refractivity (Wildman–Crippen MR) is 262 cm³/mol. The molecule has 0 aromatic heterocycles. The zero-order chi connectivity index (χ0) is 52.2. The van der Waals surface area contributed by atoms with E-state index in [2.05, 4.69) is 50.2 Å². The maximum atomic E-state index is 10.6. The summed E-state index contributed by atoms with van der Waals surface area (Å²) in [4.78, 5) is 163. The van der Waals surface area contributed by atoms with E-state index in [1.54, 1.807) is 0 Å². The molecule has 6 amide bonds. The molecule has 0 aliphatic carbocycles. The van der Waals surface area contributed by atoms with E-state index in [-0.39, 0.29) is 78.4 Å². The third kappa shape index (κ3) is 94.8. The quantitative estimate of drug-likeness (QED) is 0.0160. The first-order chi connectivity index (χ1) is 29.0. The first-order valence-corrected chi connectivity index (χ1v) is 30.7. The van der Waals surface area contributed by atoms with Crippen molar-refractivity contribution in [3.8, 4) is 0 Å². The SMILES string of the molecule is C=CC(N)=O.CCC(CCC(N)=O)C(N)=O.CCC(CCC(N)=O)C(N)=O.NC(=O)CCSCCC[Si](O)(O)O.O[Si](O)(O)CCCS.O[Si](O)(O)CCCS.O[Si](O)(O)CCCS. The Bertz CT molecular complexity index is 1140. The molecule has 0 saturated carbocycles. The molecule has 2 atom stereocenters. The molecule has 0 aromatic carbocycles. The molecule has 0 aliphatic rings. The van der Waals surface area contributed by atoms with Crippen molar-refractivity contribution in [3.05, 3.63) is 12.7 Å². The smallest absolute Gasteiger partial charge is 0.390 e. The van der Waals surface area contributed by atoms with Crippen LogP contribution in [0.1, 0.15) is 84.5 Å². The molecule has 0 spiro atoms. The van der Waals surface area contributed by atoms with Gasteiger partial charge in [0.25, 0.3) is 0 Å². The first-order valence-electron chi connectivity index (χ1n) is 19.5. The molecule has 32 heteroatoms. The Labute approximate surface area is 401 Å². The first kappa shape index (κ1) is 76.6. The lowest BCUT2D eigenvalue weighted by Gasteiger charge is -2.07. The van der Waals surface area contributed by atoms with Gasteiger partial charge in [-0.05, 0) is 80.5 Å². The van der Waals surface area contributed by atoms with Crippen LogP contribution in [0.2, 0.25) is 24.2 Å². The molecule has 0 heterocycles. The Balaban J connectivity index is -0.000000120. The van der Waals surface area contributed by atoms with Crippen LogP contribution in [0.15, 0.2) is 12.7 Å². The number of hydrogen-bond donors (Lipinski definition) is 21. The van der Waals surface area contributed by atoms with Crippen LogP contribution in [-0.4, -0.2) is 157 Å². The van der Waals surface area contributed by atoms with Crippen LogP contribution in [0.3, 0.4) is 0 Å². The van der Waals surface area contributed by atoms with E-state index in [4.69, 9.17) is 86.2 Å². The fraction of sp³-hybridized carbons (Fsp3) is 0.750. The van der Waals surface area contributed by atoms with Gasteiger partial charge in [0.05, 0.1) is 0 Å². The molecule has 24 N–H and O–H groups in total. The highest BCUT2D eigenvalue weighted by Gasteiger charge is 2.27. The summed E-state index contributed by atoms with van der Waals surface area (Å²) in [5.74, 6) is 0.383. The van der Waals surface area contributed by atoms with Gasteiger partial charge in [0, 0.05) is 61.0 Å². The predicted octanol–water partition coefficient (Wildman–Crippen LogP) is -4.25. The molecule has 24 nitrogen and oxygen atoms in total. The second-order valence-corrected chi connectivity index (χ2v) is 23.9. The maximum Gasteiger partial charge on any atom is 0.492 e. The standard InChI is InChI=1S/2C7H14N2O2.C6H15NO4SSi.C3H5NO.3C3H10O3SSi/c2*1-2-5(7(9)11)3-4-6(8)10;7-6(8)2-4-12-3-1-5-13(9,10)11;1-2-3(4)5;3*4-8(5,6)3-1-2-7/h2*5H,2-4H2,1H3,(H2,8,10)(H2,9,11);9-11H,1-5H2,(H2,7,8);2H,1H2,(H2,4,5);3*4-7H,1-3H2. The average Bonchev–Trinajstić information content (AvgIpc) is 3.14. The third-order valence-electron chi connectivity index (χ3n) is 6.77. The second-order valence-electron chi connectivity index (χ2n) is 13.1.